The Bertz CT molecular complexity index is 181. The van der Waals surface area contributed by atoms with Crippen LogP contribution in [0.15, 0.2) is 0 Å². The van der Waals surface area contributed by atoms with E-state index in [1.165, 1.54) is 57.9 Å². The van der Waals surface area contributed by atoms with E-state index in [0.717, 1.165) is 19.0 Å². The molecule has 1 aliphatic rings. The summed E-state index contributed by atoms with van der Waals surface area (Å²) in [6.07, 6.45) is 12.3. The van der Waals surface area contributed by atoms with Crippen molar-refractivity contribution in [3.05, 3.63) is 0 Å². The van der Waals surface area contributed by atoms with Crippen molar-refractivity contribution in [1.82, 2.24) is 5.32 Å². The summed E-state index contributed by atoms with van der Waals surface area (Å²) in [4.78, 5) is 0. The normalized spacial score (nSPS) is 19.2. The standard InChI is InChI=1S/C15H32N2/c1-15(2,11-12-16)10-7-13-17-14-8-5-3-4-6-9-14/h14,17H,3-13,16H2,1-2H3. The van der Waals surface area contributed by atoms with Gasteiger partial charge < -0.3 is 11.1 Å². The van der Waals surface area contributed by atoms with Crippen LogP contribution in [0.2, 0.25) is 0 Å². The smallest absolute Gasteiger partial charge is 0.00670 e. The van der Waals surface area contributed by atoms with Crippen molar-refractivity contribution in [2.75, 3.05) is 13.1 Å². The SMILES string of the molecule is CC(C)(CCN)CCCNC1CCCCCC1. The van der Waals surface area contributed by atoms with Crippen LogP contribution < -0.4 is 11.1 Å². The largest absolute Gasteiger partial charge is 0.330 e. The van der Waals surface area contributed by atoms with Gasteiger partial charge in [-0.15, -0.1) is 0 Å². The molecule has 1 aliphatic carbocycles. The second-order valence-electron chi connectivity index (χ2n) is 6.45. The van der Waals surface area contributed by atoms with Gasteiger partial charge in [-0.3, -0.25) is 0 Å². The molecule has 102 valence electrons. The van der Waals surface area contributed by atoms with Gasteiger partial charge in [0.15, 0.2) is 0 Å². The van der Waals surface area contributed by atoms with E-state index in [1.54, 1.807) is 0 Å². The summed E-state index contributed by atoms with van der Waals surface area (Å²) in [7, 11) is 0. The highest BCUT2D eigenvalue weighted by molar-refractivity contribution is 4.73. The Hall–Kier alpha value is -0.0800. The molecule has 0 radical (unpaired) electrons. The van der Waals surface area contributed by atoms with E-state index in [-0.39, 0.29) is 0 Å². The molecule has 0 saturated heterocycles. The van der Waals surface area contributed by atoms with Crippen molar-refractivity contribution >= 4 is 0 Å². The molecule has 1 saturated carbocycles. The fourth-order valence-electron chi connectivity index (χ4n) is 2.87. The van der Waals surface area contributed by atoms with E-state index in [1.807, 2.05) is 0 Å². The minimum absolute atomic E-state index is 0.430. The predicted octanol–water partition coefficient (Wildman–Crippen LogP) is 3.45. The quantitative estimate of drug-likeness (QED) is 0.528. The van der Waals surface area contributed by atoms with Crippen molar-refractivity contribution in [3.63, 3.8) is 0 Å². The number of hydrogen-bond acceptors (Lipinski definition) is 2. The van der Waals surface area contributed by atoms with Crippen molar-refractivity contribution in [2.24, 2.45) is 11.1 Å². The molecule has 1 fully saturated rings. The molecule has 0 aromatic carbocycles. The summed E-state index contributed by atoms with van der Waals surface area (Å²) in [6, 6.07) is 0.801. The van der Waals surface area contributed by atoms with Crippen LogP contribution in [0.25, 0.3) is 0 Å². The lowest BCUT2D eigenvalue weighted by atomic mass is 9.84. The Morgan fingerprint density at radius 2 is 1.71 bits per heavy atom. The lowest BCUT2D eigenvalue weighted by Crippen LogP contribution is -2.30. The molecule has 0 atom stereocenters. The van der Waals surface area contributed by atoms with Crippen LogP contribution in [-0.4, -0.2) is 19.1 Å². The zero-order chi connectivity index (χ0) is 12.6. The van der Waals surface area contributed by atoms with Crippen LogP contribution >= 0.6 is 0 Å². The van der Waals surface area contributed by atoms with Gasteiger partial charge in [0.05, 0.1) is 0 Å². The van der Waals surface area contributed by atoms with Gasteiger partial charge in [0.25, 0.3) is 0 Å². The van der Waals surface area contributed by atoms with E-state index in [0.29, 0.717) is 5.41 Å². The predicted molar refractivity (Wildman–Crippen MR) is 76.2 cm³/mol. The summed E-state index contributed by atoms with van der Waals surface area (Å²) in [5.41, 5.74) is 6.07. The molecular weight excluding hydrogens is 208 g/mol. The molecule has 0 aliphatic heterocycles. The highest BCUT2D eigenvalue weighted by atomic mass is 14.9. The molecule has 2 nitrogen and oxygen atoms in total. The van der Waals surface area contributed by atoms with E-state index >= 15 is 0 Å². The second-order valence-corrected chi connectivity index (χ2v) is 6.45. The average molecular weight is 240 g/mol. The maximum atomic E-state index is 5.64. The molecule has 2 heteroatoms. The number of rotatable bonds is 7. The Morgan fingerprint density at radius 1 is 1.06 bits per heavy atom. The summed E-state index contributed by atoms with van der Waals surface area (Å²) in [6.45, 7) is 6.69. The van der Waals surface area contributed by atoms with Crippen molar-refractivity contribution in [2.45, 2.75) is 77.7 Å². The fourth-order valence-corrected chi connectivity index (χ4v) is 2.87. The monoisotopic (exact) mass is 240 g/mol. The van der Waals surface area contributed by atoms with Crippen LogP contribution in [0.1, 0.15) is 71.6 Å². The zero-order valence-electron chi connectivity index (χ0n) is 11.9. The minimum atomic E-state index is 0.430. The summed E-state index contributed by atoms with van der Waals surface area (Å²) >= 11 is 0. The number of nitrogens with one attached hydrogen (secondary N) is 1. The van der Waals surface area contributed by atoms with Crippen LogP contribution in [0, 0.1) is 5.41 Å². The Kier molecular flexibility index (Phi) is 7.14. The summed E-state index contributed by atoms with van der Waals surface area (Å²) < 4.78 is 0. The minimum Gasteiger partial charge on any atom is -0.330 e. The average Bonchev–Trinajstić information content (AvgIpc) is 2.53. The first-order valence-electron chi connectivity index (χ1n) is 7.57. The molecular formula is C15H32N2. The molecule has 0 unspecified atom stereocenters. The van der Waals surface area contributed by atoms with Gasteiger partial charge in [-0.2, -0.15) is 0 Å². The molecule has 1 rings (SSSR count). The maximum Gasteiger partial charge on any atom is 0.00670 e. The van der Waals surface area contributed by atoms with Gasteiger partial charge in [-0.25, -0.2) is 0 Å². The van der Waals surface area contributed by atoms with Gasteiger partial charge in [0.1, 0.15) is 0 Å². The number of nitrogens with two attached hydrogens (primary N) is 1. The Balaban J connectivity index is 2.06. The zero-order valence-corrected chi connectivity index (χ0v) is 11.9. The molecule has 0 heterocycles. The lowest BCUT2D eigenvalue weighted by Gasteiger charge is -2.24. The van der Waals surface area contributed by atoms with Crippen LogP contribution in [0.5, 0.6) is 0 Å². The first kappa shape index (κ1) is 15.0. The van der Waals surface area contributed by atoms with Gasteiger partial charge >= 0.3 is 0 Å². The first-order valence-corrected chi connectivity index (χ1v) is 7.57. The fraction of sp³-hybridized carbons (Fsp3) is 1.00. The third kappa shape index (κ3) is 7.05. The first-order chi connectivity index (χ1) is 8.14. The highest BCUT2D eigenvalue weighted by Crippen LogP contribution is 2.25. The molecule has 0 amide bonds. The van der Waals surface area contributed by atoms with Gasteiger partial charge in [-0.05, 0) is 50.6 Å². The van der Waals surface area contributed by atoms with Crippen molar-refractivity contribution < 1.29 is 0 Å². The molecule has 0 bridgehead atoms. The van der Waals surface area contributed by atoms with E-state index in [2.05, 4.69) is 19.2 Å². The van der Waals surface area contributed by atoms with Gasteiger partial charge in [0, 0.05) is 6.04 Å². The molecule has 17 heavy (non-hydrogen) atoms. The Labute approximate surface area is 108 Å². The third-order valence-corrected chi connectivity index (χ3v) is 4.14. The summed E-state index contributed by atoms with van der Waals surface area (Å²) in [5.74, 6) is 0. The third-order valence-electron chi connectivity index (χ3n) is 4.14. The molecule has 0 aromatic heterocycles. The molecule has 3 N–H and O–H groups in total. The van der Waals surface area contributed by atoms with Crippen LogP contribution in [0.4, 0.5) is 0 Å². The van der Waals surface area contributed by atoms with Crippen LogP contribution in [-0.2, 0) is 0 Å². The van der Waals surface area contributed by atoms with Crippen molar-refractivity contribution in [1.29, 1.82) is 0 Å². The summed E-state index contributed by atoms with van der Waals surface area (Å²) in [5, 5.41) is 3.75. The lowest BCUT2D eigenvalue weighted by molar-refractivity contribution is 0.297. The van der Waals surface area contributed by atoms with Gasteiger partial charge in [-0.1, -0.05) is 39.5 Å². The van der Waals surface area contributed by atoms with E-state index in [9.17, 15) is 0 Å². The van der Waals surface area contributed by atoms with E-state index in [4.69, 9.17) is 5.73 Å². The number of hydrogen-bond donors (Lipinski definition) is 2. The van der Waals surface area contributed by atoms with Gasteiger partial charge in [0.2, 0.25) is 0 Å². The highest BCUT2D eigenvalue weighted by Gasteiger charge is 2.16. The van der Waals surface area contributed by atoms with Crippen LogP contribution in [0.3, 0.4) is 0 Å². The topological polar surface area (TPSA) is 38.0 Å². The molecule has 0 spiro atoms. The molecule has 0 aromatic rings. The second kappa shape index (κ2) is 8.10. The van der Waals surface area contributed by atoms with E-state index < -0.39 is 0 Å². The Morgan fingerprint density at radius 3 is 2.29 bits per heavy atom. The maximum absolute atomic E-state index is 5.64. The van der Waals surface area contributed by atoms with Crippen molar-refractivity contribution in [3.8, 4) is 0 Å².